The van der Waals surface area contributed by atoms with Gasteiger partial charge in [0.25, 0.3) is 0 Å². The Bertz CT molecular complexity index is 1510. The van der Waals surface area contributed by atoms with Gasteiger partial charge in [-0.15, -0.1) is 0 Å². The molecule has 0 saturated carbocycles. The lowest BCUT2D eigenvalue weighted by Gasteiger charge is -2.11. The summed E-state index contributed by atoms with van der Waals surface area (Å²) < 4.78 is 24.6. The van der Waals surface area contributed by atoms with Crippen LogP contribution in [0.4, 0.5) is 21.5 Å². The number of ether oxygens (including phenoxy) is 2. The van der Waals surface area contributed by atoms with E-state index in [-0.39, 0.29) is 23.5 Å². The van der Waals surface area contributed by atoms with Gasteiger partial charge in [0.2, 0.25) is 0 Å². The normalized spacial score (nSPS) is 10.9. The van der Waals surface area contributed by atoms with Crippen LogP contribution < -0.4 is 9.64 Å². The molecule has 39 heavy (non-hydrogen) atoms. The number of benzene rings is 4. The SMILES string of the molecule is CCOC(=O)c1ccc(C(=O)Oc2ccc(-c3ccc(/N=N/c4ccc(N(C)C)cc4)c(C)c3)cc2)c(F)c1. The van der Waals surface area contributed by atoms with Crippen molar-refractivity contribution in [1.82, 2.24) is 0 Å². The fourth-order valence-electron chi connectivity index (χ4n) is 3.78. The largest absolute Gasteiger partial charge is 0.462 e. The van der Waals surface area contributed by atoms with Gasteiger partial charge in [0.15, 0.2) is 0 Å². The van der Waals surface area contributed by atoms with Crippen LogP contribution >= 0.6 is 0 Å². The molecule has 4 rings (SSSR count). The summed E-state index contributed by atoms with van der Waals surface area (Å²) in [6.45, 7) is 3.79. The first-order chi connectivity index (χ1) is 18.7. The molecular formula is C31H28FN3O4. The van der Waals surface area contributed by atoms with Crippen molar-refractivity contribution in [2.75, 3.05) is 25.6 Å². The van der Waals surface area contributed by atoms with Gasteiger partial charge in [0.05, 0.1) is 29.1 Å². The molecule has 0 aliphatic carbocycles. The molecule has 0 amide bonds. The van der Waals surface area contributed by atoms with E-state index in [9.17, 15) is 14.0 Å². The molecule has 0 spiro atoms. The standard InChI is InChI=1S/C31H28FN3O4/c1-5-38-30(36)23-8-16-27(28(32)19-23)31(37)39-26-14-6-21(7-15-26)22-9-17-29(20(2)18-22)34-33-24-10-12-25(13-11-24)35(3)4/h6-19H,5H2,1-4H3/b34-33+. The van der Waals surface area contributed by atoms with E-state index in [0.717, 1.165) is 39.8 Å². The zero-order chi connectivity index (χ0) is 27.9. The van der Waals surface area contributed by atoms with Crippen molar-refractivity contribution in [3.05, 3.63) is 107 Å². The van der Waals surface area contributed by atoms with Crippen LogP contribution in [0.15, 0.2) is 95.2 Å². The highest BCUT2D eigenvalue weighted by molar-refractivity contribution is 5.94. The Labute approximate surface area is 226 Å². The Balaban J connectivity index is 1.42. The van der Waals surface area contributed by atoms with Crippen LogP contribution in [0.5, 0.6) is 5.75 Å². The van der Waals surface area contributed by atoms with E-state index in [1.807, 2.05) is 80.5 Å². The summed E-state index contributed by atoms with van der Waals surface area (Å²) in [7, 11) is 3.97. The van der Waals surface area contributed by atoms with Gasteiger partial charge in [-0.25, -0.2) is 14.0 Å². The molecule has 0 aliphatic rings. The molecule has 0 aromatic heterocycles. The molecule has 0 fully saturated rings. The summed E-state index contributed by atoms with van der Waals surface area (Å²) in [4.78, 5) is 26.3. The average Bonchev–Trinajstić information content (AvgIpc) is 2.93. The van der Waals surface area contributed by atoms with E-state index in [1.165, 1.54) is 12.1 Å². The topological polar surface area (TPSA) is 80.6 Å². The molecule has 8 heteroatoms. The first-order valence-corrected chi connectivity index (χ1v) is 12.3. The quantitative estimate of drug-likeness (QED) is 0.134. The fraction of sp³-hybridized carbons (Fsp3) is 0.161. The number of carbonyl (C=O) groups excluding carboxylic acids is 2. The number of azo groups is 1. The predicted octanol–water partition coefficient (Wildman–Crippen LogP) is 7.68. The van der Waals surface area contributed by atoms with Crippen LogP contribution in [0, 0.1) is 12.7 Å². The van der Waals surface area contributed by atoms with Gasteiger partial charge in [0.1, 0.15) is 11.6 Å². The van der Waals surface area contributed by atoms with Crippen molar-refractivity contribution in [2.45, 2.75) is 13.8 Å². The minimum absolute atomic E-state index is 0.0247. The van der Waals surface area contributed by atoms with Gasteiger partial charge in [-0.3, -0.25) is 0 Å². The van der Waals surface area contributed by atoms with Crippen LogP contribution in [-0.4, -0.2) is 32.6 Å². The van der Waals surface area contributed by atoms with Crippen LogP contribution in [-0.2, 0) is 4.74 Å². The number of hydrogen-bond acceptors (Lipinski definition) is 7. The Morgan fingerprint density at radius 3 is 2.13 bits per heavy atom. The third-order valence-electron chi connectivity index (χ3n) is 5.93. The number of carbonyl (C=O) groups is 2. The smallest absolute Gasteiger partial charge is 0.346 e. The number of rotatable bonds is 8. The van der Waals surface area contributed by atoms with Gasteiger partial charge in [-0.05, 0) is 97.3 Å². The minimum atomic E-state index is -0.863. The maximum atomic E-state index is 14.4. The fourth-order valence-corrected chi connectivity index (χ4v) is 3.78. The third kappa shape index (κ3) is 6.73. The second-order valence-electron chi connectivity index (χ2n) is 8.94. The van der Waals surface area contributed by atoms with E-state index in [4.69, 9.17) is 9.47 Å². The third-order valence-corrected chi connectivity index (χ3v) is 5.93. The van der Waals surface area contributed by atoms with E-state index >= 15 is 0 Å². The van der Waals surface area contributed by atoms with Crippen LogP contribution in [0.2, 0.25) is 0 Å². The summed E-state index contributed by atoms with van der Waals surface area (Å²) in [5.74, 6) is -2.12. The molecule has 7 nitrogen and oxygen atoms in total. The van der Waals surface area contributed by atoms with Gasteiger partial charge in [-0.1, -0.05) is 18.2 Å². The summed E-state index contributed by atoms with van der Waals surface area (Å²) in [5, 5.41) is 8.73. The summed E-state index contributed by atoms with van der Waals surface area (Å²) in [5.41, 5.74) is 5.19. The zero-order valence-electron chi connectivity index (χ0n) is 22.1. The monoisotopic (exact) mass is 525 g/mol. The van der Waals surface area contributed by atoms with Gasteiger partial charge >= 0.3 is 11.9 Å². The molecule has 0 radical (unpaired) electrons. The molecular weight excluding hydrogens is 497 g/mol. The Morgan fingerprint density at radius 1 is 0.821 bits per heavy atom. The van der Waals surface area contributed by atoms with E-state index < -0.39 is 17.8 Å². The predicted molar refractivity (Wildman–Crippen MR) is 149 cm³/mol. The Morgan fingerprint density at radius 2 is 1.51 bits per heavy atom. The maximum absolute atomic E-state index is 14.4. The van der Waals surface area contributed by atoms with Crippen LogP contribution in [0.1, 0.15) is 33.2 Å². The number of anilines is 1. The van der Waals surface area contributed by atoms with Crippen molar-refractivity contribution < 1.29 is 23.5 Å². The van der Waals surface area contributed by atoms with Crippen molar-refractivity contribution >= 4 is 29.0 Å². The Kier molecular flexibility index (Phi) is 8.46. The highest BCUT2D eigenvalue weighted by Gasteiger charge is 2.17. The van der Waals surface area contributed by atoms with Crippen molar-refractivity contribution in [3.8, 4) is 16.9 Å². The van der Waals surface area contributed by atoms with Gasteiger partial charge in [-0.2, -0.15) is 10.2 Å². The highest BCUT2D eigenvalue weighted by atomic mass is 19.1. The number of hydrogen-bond donors (Lipinski definition) is 0. The number of aryl methyl sites for hydroxylation is 1. The van der Waals surface area contributed by atoms with Crippen molar-refractivity contribution in [3.63, 3.8) is 0 Å². The second kappa shape index (κ2) is 12.1. The van der Waals surface area contributed by atoms with E-state index in [2.05, 4.69) is 10.2 Å². The van der Waals surface area contributed by atoms with Gasteiger partial charge < -0.3 is 14.4 Å². The maximum Gasteiger partial charge on any atom is 0.346 e. The molecule has 198 valence electrons. The second-order valence-corrected chi connectivity index (χ2v) is 8.94. The van der Waals surface area contributed by atoms with E-state index in [1.54, 1.807) is 19.1 Å². The lowest BCUT2D eigenvalue weighted by Crippen LogP contribution is -2.12. The van der Waals surface area contributed by atoms with E-state index in [0.29, 0.717) is 0 Å². The highest BCUT2D eigenvalue weighted by Crippen LogP contribution is 2.29. The number of esters is 2. The molecule has 4 aromatic rings. The van der Waals surface area contributed by atoms with Crippen molar-refractivity contribution in [2.24, 2.45) is 10.2 Å². The molecule has 0 saturated heterocycles. The first-order valence-electron chi connectivity index (χ1n) is 12.3. The van der Waals surface area contributed by atoms with Crippen LogP contribution in [0.25, 0.3) is 11.1 Å². The molecule has 0 aliphatic heterocycles. The molecule has 0 bridgehead atoms. The molecule has 4 aromatic carbocycles. The van der Waals surface area contributed by atoms with Crippen molar-refractivity contribution in [1.29, 1.82) is 0 Å². The number of halogens is 1. The minimum Gasteiger partial charge on any atom is -0.462 e. The van der Waals surface area contributed by atoms with Gasteiger partial charge in [0, 0.05) is 19.8 Å². The lowest BCUT2D eigenvalue weighted by molar-refractivity contribution is 0.0524. The Hall–Kier alpha value is -4.85. The summed E-state index contributed by atoms with van der Waals surface area (Å²) in [6.07, 6.45) is 0. The first kappa shape index (κ1) is 27.2. The van der Waals surface area contributed by atoms with Crippen LogP contribution in [0.3, 0.4) is 0 Å². The summed E-state index contributed by atoms with van der Waals surface area (Å²) in [6, 6.07) is 24.1. The number of nitrogens with zero attached hydrogens (tertiary/aromatic N) is 3. The lowest BCUT2D eigenvalue weighted by atomic mass is 10.0. The molecule has 0 heterocycles. The molecule has 0 N–H and O–H groups in total. The average molecular weight is 526 g/mol. The molecule has 0 unspecified atom stereocenters. The zero-order valence-corrected chi connectivity index (χ0v) is 22.1. The summed E-state index contributed by atoms with van der Waals surface area (Å²) >= 11 is 0. The molecule has 0 atom stereocenters.